The summed E-state index contributed by atoms with van der Waals surface area (Å²) in [5, 5.41) is 11.8. The van der Waals surface area contributed by atoms with Gasteiger partial charge < -0.3 is 19.5 Å². The lowest BCUT2D eigenvalue weighted by atomic mass is 9.77. The summed E-state index contributed by atoms with van der Waals surface area (Å²) in [4.78, 5) is 33.3. The average Bonchev–Trinajstić information content (AvgIpc) is 3.25. The van der Waals surface area contributed by atoms with Gasteiger partial charge >= 0.3 is 5.97 Å². The van der Waals surface area contributed by atoms with Crippen molar-refractivity contribution >= 4 is 11.9 Å². The van der Waals surface area contributed by atoms with Crippen LogP contribution < -0.4 is 4.74 Å². The van der Waals surface area contributed by atoms with Crippen LogP contribution in [0.4, 0.5) is 0 Å². The van der Waals surface area contributed by atoms with Crippen LogP contribution in [-0.4, -0.2) is 65.9 Å². The number of rotatable bonds is 6. The van der Waals surface area contributed by atoms with Gasteiger partial charge in [0.25, 0.3) is 0 Å². The molecule has 8 nitrogen and oxygen atoms in total. The van der Waals surface area contributed by atoms with Crippen LogP contribution in [0.15, 0.2) is 35.5 Å². The van der Waals surface area contributed by atoms with E-state index < -0.39 is 18.0 Å². The van der Waals surface area contributed by atoms with E-state index in [9.17, 15) is 14.7 Å². The fourth-order valence-corrected chi connectivity index (χ4v) is 4.79. The first-order valence-electron chi connectivity index (χ1n) is 10.3. The Morgan fingerprint density at radius 2 is 2.03 bits per heavy atom. The number of hydrogen-bond acceptors (Lipinski definition) is 7. The fourth-order valence-electron chi connectivity index (χ4n) is 4.79. The van der Waals surface area contributed by atoms with Gasteiger partial charge in [0.15, 0.2) is 0 Å². The normalized spacial score (nSPS) is 29.6. The Hall–Kier alpha value is -2.42. The third kappa shape index (κ3) is 3.38. The van der Waals surface area contributed by atoms with E-state index in [1.807, 2.05) is 26.1 Å². The number of aliphatic hydroxyl groups is 1. The van der Waals surface area contributed by atoms with E-state index in [1.54, 1.807) is 31.2 Å². The van der Waals surface area contributed by atoms with Crippen molar-refractivity contribution in [2.24, 2.45) is 11.8 Å². The van der Waals surface area contributed by atoms with Crippen LogP contribution in [0, 0.1) is 11.8 Å². The zero-order chi connectivity index (χ0) is 21.6. The van der Waals surface area contributed by atoms with Gasteiger partial charge in [-0.15, -0.1) is 0 Å². The lowest BCUT2D eigenvalue weighted by Crippen LogP contribution is -2.63. The minimum atomic E-state index is -0.774. The summed E-state index contributed by atoms with van der Waals surface area (Å²) in [6.07, 6.45) is -0.314. The maximum absolute atomic E-state index is 13.1. The van der Waals surface area contributed by atoms with Crippen molar-refractivity contribution < 1.29 is 29.0 Å². The van der Waals surface area contributed by atoms with Gasteiger partial charge in [0.2, 0.25) is 5.91 Å². The van der Waals surface area contributed by atoms with E-state index in [-0.39, 0.29) is 36.3 Å². The molecule has 0 aromatic heterocycles. The van der Waals surface area contributed by atoms with E-state index >= 15 is 0 Å². The van der Waals surface area contributed by atoms with Crippen molar-refractivity contribution in [2.45, 2.75) is 45.1 Å². The van der Waals surface area contributed by atoms with Crippen LogP contribution in [0.25, 0.3) is 0 Å². The molecule has 0 bridgehead atoms. The second-order valence-corrected chi connectivity index (χ2v) is 8.22. The third-order valence-corrected chi connectivity index (χ3v) is 6.31. The first-order valence-corrected chi connectivity index (χ1v) is 10.3. The lowest BCUT2D eigenvalue weighted by Gasteiger charge is -2.46. The highest BCUT2D eigenvalue weighted by molar-refractivity contribution is 6.01. The summed E-state index contributed by atoms with van der Waals surface area (Å²) in [6.45, 7) is 4.44. The number of carbonyl (C=O) groups excluding carboxylic acids is 2. The number of aliphatic hydroxyl groups excluding tert-OH is 1. The molecule has 0 radical (unpaired) electrons. The number of carbonyl (C=O) groups is 2. The van der Waals surface area contributed by atoms with Crippen LogP contribution in [0.2, 0.25) is 0 Å². The van der Waals surface area contributed by atoms with Gasteiger partial charge in [-0.1, -0.05) is 19.1 Å². The van der Waals surface area contributed by atoms with Crippen molar-refractivity contribution in [1.29, 1.82) is 0 Å². The number of amides is 1. The molecule has 0 unspecified atom stereocenters. The molecule has 8 heteroatoms. The molecular formula is C22H28N2O6. The number of methoxy groups -OCH3 is 1. The summed E-state index contributed by atoms with van der Waals surface area (Å²) in [5.41, 5.74) is 1.89. The predicted molar refractivity (Wildman–Crippen MR) is 107 cm³/mol. The quantitative estimate of drug-likeness (QED) is 0.555. The summed E-state index contributed by atoms with van der Waals surface area (Å²) >= 11 is 0. The number of esters is 1. The summed E-state index contributed by atoms with van der Waals surface area (Å²) < 4.78 is 10.7. The predicted octanol–water partition coefficient (Wildman–Crippen LogP) is 1.49. The molecule has 1 amide bonds. The second kappa shape index (κ2) is 8.02. The smallest absolute Gasteiger partial charge is 0.355 e. The van der Waals surface area contributed by atoms with E-state index in [0.29, 0.717) is 0 Å². The Bertz CT molecular complexity index is 865. The van der Waals surface area contributed by atoms with Crippen LogP contribution in [0.3, 0.4) is 0 Å². The molecule has 5 atom stereocenters. The Morgan fingerprint density at radius 1 is 1.33 bits per heavy atom. The van der Waals surface area contributed by atoms with E-state index in [0.717, 1.165) is 29.9 Å². The molecule has 1 aromatic rings. The molecule has 0 aliphatic carbocycles. The van der Waals surface area contributed by atoms with Crippen molar-refractivity contribution in [3.8, 4) is 5.75 Å². The molecular weight excluding hydrogens is 388 g/mol. The van der Waals surface area contributed by atoms with Crippen molar-refractivity contribution in [1.82, 2.24) is 9.96 Å². The van der Waals surface area contributed by atoms with E-state index in [2.05, 4.69) is 0 Å². The Morgan fingerprint density at radius 3 is 2.60 bits per heavy atom. The third-order valence-electron chi connectivity index (χ3n) is 6.31. The molecule has 3 heterocycles. The SMILES string of the molecule is COc1ccc(COC(=O)C2=C([C@@H]3CCN(C)O3)[C@H](C)[C@H]3[C@@H]([C@@H](C)O)C(=O)N23)cc1. The molecule has 2 fully saturated rings. The maximum atomic E-state index is 13.1. The van der Waals surface area contributed by atoms with Crippen LogP contribution >= 0.6 is 0 Å². The monoisotopic (exact) mass is 416 g/mol. The minimum absolute atomic E-state index is 0.0892. The number of hydroxylamine groups is 2. The van der Waals surface area contributed by atoms with Crippen LogP contribution in [-0.2, 0) is 25.8 Å². The van der Waals surface area contributed by atoms with Gasteiger partial charge in [-0.05, 0) is 36.6 Å². The van der Waals surface area contributed by atoms with Crippen molar-refractivity contribution in [3.63, 3.8) is 0 Å². The number of benzene rings is 1. The molecule has 4 rings (SSSR count). The Labute approximate surface area is 175 Å². The minimum Gasteiger partial charge on any atom is -0.497 e. The first-order chi connectivity index (χ1) is 14.3. The van der Waals surface area contributed by atoms with Gasteiger partial charge in [0.05, 0.1) is 25.2 Å². The van der Waals surface area contributed by atoms with Gasteiger partial charge in [-0.3, -0.25) is 9.63 Å². The number of ether oxygens (including phenoxy) is 2. The van der Waals surface area contributed by atoms with Crippen LogP contribution in [0.5, 0.6) is 5.75 Å². The van der Waals surface area contributed by atoms with Gasteiger partial charge in [-0.2, -0.15) is 5.06 Å². The number of nitrogens with zero attached hydrogens (tertiary/aromatic N) is 2. The molecule has 3 aliphatic heterocycles. The zero-order valence-electron chi connectivity index (χ0n) is 17.7. The molecule has 162 valence electrons. The maximum Gasteiger partial charge on any atom is 0.355 e. The standard InChI is InChI=1S/C22H28N2O6/c1-12-17(16-9-10-23(3)30-16)20(24-19(12)18(13(2)25)21(24)26)22(27)29-11-14-5-7-15(28-4)8-6-14/h5-8,12-13,16,18-19,25H,9-11H2,1-4H3/t12-,13+,16-,18+,19-/m0/s1. The number of fused-ring (bicyclic) bond motifs is 1. The van der Waals surface area contributed by atoms with E-state index in [1.165, 1.54) is 4.90 Å². The number of β-lactam (4-membered cyclic amide) rings is 1. The Balaban J connectivity index is 1.58. The van der Waals surface area contributed by atoms with Gasteiger partial charge in [0.1, 0.15) is 24.2 Å². The van der Waals surface area contributed by atoms with Crippen molar-refractivity contribution in [2.75, 3.05) is 20.7 Å². The molecule has 30 heavy (non-hydrogen) atoms. The number of hydrogen-bond donors (Lipinski definition) is 1. The molecule has 0 saturated carbocycles. The largest absolute Gasteiger partial charge is 0.497 e. The van der Waals surface area contributed by atoms with Crippen LogP contribution in [0.1, 0.15) is 25.8 Å². The Kier molecular flexibility index (Phi) is 5.57. The zero-order valence-corrected chi connectivity index (χ0v) is 17.7. The van der Waals surface area contributed by atoms with Gasteiger partial charge in [0, 0.05) is 19.5 Å². The van der Waals surface area contributed by atoms with Crippen molar-refractivity contribution in [3.05, 3.63) is 41.1 Å². The molecule has 1 aromatic carbocycles. The van der Waals surface area contributed by atoms with E-state index in [4.69, 9.17) is 14.3 Å². The first kappa shape index (κ1) is 20.8. The lowest BCUT2D eigenvalue weighted by molar-refractivity contribution is -0.164. The second-order valence-electron chi connectivity index (χ2n) is 8.22. The van der Waals surface area contributed by atoms with Gasteiger partial charge in [-0.25, -0.2) is 4.79 Å². The highest BCUT2D eigenvalue weighted by Crippen LogP contribution is 2.49. The molecule has 2 saturated heterocycles. The average molecular weight is 416 g/mol. The molecule has 1 N–H and O–H groups in total. The fraction of sp³-hybridized carbons (Fsp3) is 0.545. The summed E-state index contributed by atoms with van der Waals surface area (Å²) in [7, 11) is 3.44. The summed E-state index contributed by atoms with van der Waals surface area (Å²) in [6, 6.07) is 7.01. The summed E-state index contributed by atoms with van der Waals surface area (Å²) in [5.74, 6) is -0.658. The highest BCUT2D eigenvalue weighted by Gasteiger charge is 2.61. The topological polar surface area (TPSA) is 88.5 Å². The molecule has 3 aliphatic rings. The highest BCUT2D eigenvalue weighted by atomic mass is 16.7. The molecule has 0 spiro atoms.